The lowest BCUT2D eigenvalue weighted by Gasteiger charge is -2.04. The smallest absolute Gasteiger partial charge is 0.146 e. The number of rotatable bonds is 3. The first-order chi connectivity index (χ1) is 9.65. The van der Waals surface area contributed by atoms with Crippen molar-refractivity contribution < 1.29 is 4.39 Å². The lowest BCUT2D eigenvalue weighted by molar-refractivity contribution is 0.631. The van der Waals surface area contributed by atoms with Gasteiger partial charge < -0.3 is 10.3 Å². The zero-order valence-electron chi connectivity index (χ0n) is 11.3. The summed E-state index contributed by atoms with van der Waals surface area (Å²) in [5.74, 6) is 0.658. The van der Waals surface area contributed by atoms with Gasteiger partial charge >= 0.3 is 0 Å². The van der Waals surface area contributed by atoms with Crippen LogP contribution in [-0.2, 0) is 19.9 Å². The van der Waals surface area contributed by atoms with Gasteiger partial charge in [0.25, 0.3) is 0 Å². The molecule has 3 nitrogen and oxygen atoms in total. The molecule has 2 N–H and O–H groups in total. The van der Waals surface area contributed by atoms with Gasteiger partial charge in [0.15, 0.2) is 0 Å². The van der Waals surface area contributed by atoms with E-state index in [4.69, 9.17) is 5.73 Å². The summed E-state index contributed by atoms with van der Waals surface area (Å²) >= 11 is 0. The summed E-state index contributed by atoms with van der Waals surface area (Å²) in [4.78, 5) is 4.62. The van der Waals surface area contributed by atoms with Gasteiger partial charge in [0, 0.05) is 13.5 Å². The van der Waals surface area contributed by atoms with Crippen LogP contribution in [0.3, 0.4) is 0 Å². The molecule has 0 unspecified atom stereocenters. The van der Waals surface area contributed by atoms with Gasteiger partial charge in [-0.05, 0) is 36.2 Å². The lowest BCUT2D eigenvalue weighted by atomic mass is 10.1. The van der Waals surface area contributed by atoms with Crippen molar-refractivity contribution in [2.45, 2.75) is 12.8 Å². The van der Waals surface area contributed by atoms with Crippen LogP contribution >= 0.6 is 0 Å². The molecule has 0 fully saturated rings. The summed E-state index contributed by atoms with van der Waals surface area (Å²) in [5, 5.41) is 0. The molecule has 0 saturated heterocycles. The van der Waals surface area contributed by atoms with Gasteiger partial charge in [-0.25, -0.2) is 9.37 Å². The van der Waals surface area contributed by atoms with Gasteiger partial charge in [0.1, 0.15) is 11.6 Å². The highest BCUT2D eigenvalue weighted by Gasteiger charge is 2.07. The van der Waals surface area contributed by atoms with Crippen LogP contribution in [0.5, 0.6) is 0 Å². The Bertz CT molecular complexity index is 762. The molecule has 1 aromatic heterocycles. The van der Waals surface area contributed by atoms with Crippen molar-refractivity contribution in [2.75, 3.05) is 5.73 Å². The SMILES string of the molecule is Cn1c(CCc2ccc(F)c(N)c2)nc2ccccc21. The van der Waals surface area contributed by atoms with Gasteiger partial charge in [-0.15, -0.1) is 0 Å². The van der Waals surface area contributed by atoms with Gasteiger partial charge in [0.05, 0.1) is 16.7 Å². The minimum atomic E-state index is -0.364. The van der Waals surface area contributed by atoms with Gasteiger partial charge in [0.2, 0.25) is 0 Å². The van der Waals surface area contributed by atoms with Crippen LogP contribution in [0.25, 0.3) is 11.0 Å². The van der Waals surface area contributed by atoms with Crippen LogP contribution in [0.15, 0.2) is 42.5 Å². The van der Waals surface area contributed by atoms with Crippen LogP contribution in [0.2, 0.25) is 0 Å². The number of nitrogens with zero attached hydrogens (tertiary/aromatic N) is 2. The molecule has 0 aliphatic carbocycles. The Labute approximate surface area is 116 Å². The second-order valence-corrected chi connectivity index (χ2v) is 4.93. The third kappa shape index (κ3) is 2.25. The zero-order valence-corrected chi connectivity index (χ0v) is 11.3. The highest BCUT2D eigenvalue weighted by Crippen LogP contribution is 2.17. The molecule has 0 amide bonds. The number of hydrogen-bond donors (Lipinski definition) is 1. The van der Waals surface area contributed by atoms with E-state index in [-0.39, 0.29) is 11.5 Å². The summed E-state index contributed by atoms with van der Waals surface area (Å²) in [5.41, 5.74) is 8.94. The number of hydrogen-bond acceptors (Lipinski definition) is 2. The summed E-state index contributed by atoms with van der Waals surface area (Å²) < 4.78 is 15.2. The van der Waals surface area contributed by atoms with E-state index in [2.05, 4.69) is 15.6 Å². The van der Waals surface area contributed by atoms with E-state index in [9.17, 15) is 4.39 Å². The Balaban J connectivity index is 1.83. The van der Waals surface area contributed by atoms with Gasteiger partial charge in [-0.1, -0.05) is 18.2 Å². The molecule has 102 valence electrons. The Morgan fingerprint density at radius 2 is 1.95 bits per heavy atom. The molecule has 3 rings (SSSR count). The first-order valence-corrected chi connectivity index (χ1v) is 6.59. The molecule has 0 atom stereocenters. The fourth-order valence-electron chi connectivity index (χ4n) is 2.42. The van der Waals surface area contributed by atoms with Crippen molar-refractivity contribution in [3.63, 3.8) is 0 Å². The monoisotopic (exact) mass is 269 g/mol. The van der Waals surface area contributed by atoms with Crippen molar-refractivity contribution in [3.8, 4) is 0 Å². The maximum absolute atomic E-state index is 13.1. The van der Waals surface area contributed by atoms with E-state index in [1.807, 2.05) is 25.2 Å². The summed E-state index contributed by atoms with van der Waals surface area (Å²) in [6.07, 6.45) is 1.60. The summed E-state index contributed by atoms with van der Waals surface area (Å²) in [6.45, 7) is 0. The second kappa shape index (κ2) is 4.96. The molecule has 1 heterocycles. The minimum Gasteiger partial charge on any atom is -0.396 e. The molecule has 0 aliphatic rings. The first-order valence-electron chi connectivity index (χ1n) is 6.59. The van der Waals surface area contributed by atoms with Crippen molar-refractivity contribution >= 4 is 16.7 Å². The number of aromatic nitrogens is 2. The molecular weight excluding hydrogens is 253 g/mol. The third-order valence-electron chi connectivity index (χ3n) is 3.58. The lowest BCUT2D eigenvalue weighted by Crippen LogP contribution is -2.01. The second-order valence-electron chi connectivity index (χ2n) is 4.93. The Morgan fingerprint density at radius 1 is 1.15 bits per heavy atom. The van der Waals surface area contributed by atoms with E-state index in [0.717, 1.165) is 35.3 Å². The maximum atomic E-state index is 13.1. The number of imidazole rings is 1. The first kappa shape index (κ1) is 12.7. The number of halogens is 1. The molecule has 0 spiro atoms. The van der Waals surface area contributed by atoms with Crippen molar-refractivity contribution in [2.24, 2.45) is 7.05 Å². The molecular formula is C16H16FN3. The third-order valence-corrected chi connectivity index (χ3v) is 3.58. The molecule has 3 aromatic rings. The Kier molecular flexibility index (Phi) is 3.14. The Morgan fingerprint density at radius 3 is 2.70 bits per heavy atom. The minimum absolute atomic E-state index is 0.201. The molecule has 0 saturated carbocycles. The fourth-order valence-corrected chi connectivity index (χ4v) is 2.42. The van der Waals surface area contributed by atoms with E-state index in [1.54, 1.807) is 12.1 Å². The molecule has 2 aromatic carbocycles. The molecule has 0 aliphatic heterocycles. The van der Waals surface area contributed by atoms with Crippen molar-refractivity contribution in [1.82, 2.24) is 9.55 Å². The summed E-state index contributed by atoms with van der Waals surface area (Å²) in [7, 11) is 2.02. The maximum Gasteiger partial charge on any atom is 0.146 e. The largest absolute Gasteiger partial charge is 0.396 e. The van der Waals surface area contributed by atoms with Crippen LogP contribution in [-0.4, -0.2) is 9.55 Å². The van der Waals surface area contributed by atoms with Crippen LogP contribution in [0.4, 0.5) is 10.1 Å². The van der Waals surface area contributed by atoms with Gasteiger partial charge in [-0.3, -0.25) is 0 Å². The average molecular weight is 269 g/mol. The number of fused-ring (bicyclic) bond motifs is 1. The number of benzene rings is 2. The van der Waals surface area contributed by atoms with E-state index in [0.29, 0.717) is 0 Å². The fraction of sp³-hybridized carbons (Fsp3) is 0.188. The summed E-state index contributed by atoms with van der Waals surface area (Å²) in [6, 6.07) is 12.9. The van der Waals surface area contributed by atoms with Gasteiger partial charge in [-0.2, -0.15) is 0 Å². The number of aryl methyl sites for hydroxylation is 3. The zero-order chi connectivity index (χ0) is 14.1. The molecule has 0 bridgehead atoms. The Hall–Kier alpha value is -2.36. The number of para-hydroxylation sites is 2. The van der Waals surface area contributed by atoms with Crippen molar-refractivity contribution in [1.29, 1.82) is 0 Å². The number of anilines is 1. The predicted octanol–water partition coefficient (Wildman–Crippen LogP) is 3.08. The molecule has 4 heteroatoms. The number of nitrogen functional groups attached to an aromatic ring is 1. The topological polar surface area (TPSA) is 43.8 Å². The standard InChI is InChI=1S/C16H16FN3/c1-20-15-5-3-2-4-14(15)19-16(20)9-7-11-6-8-12(17)13(18)10-11/h2-6,8,10H,7,9,18H2,1H3. The highest BCUT2D eigenvalue weighted by atomic mass is 19.1. The van der Waals surface area contributed by atoms with E-state index in [1.165, 1.54) is 6.07 Å². The van der Waals surface area contributed by atoms with Crippen LogP contribution in [0.1, 0.15) is 11.4 Å². The molecule has 20 heavy (non-hydrogen) atoms. The quantitative estimate of drug-likeness (QED) is 0.743. The van der Waals surface area contributed by atoms with E-state index >= 15 is 0 Å². The molecule has 0 radical (unpaired) electrons. The van der Waals surface area contributed by atoms with Crippen LogP contribution in [0, 0.1) is 5.82 Å². The highest BCUT2D eigenvalue weighted by molar-refractivity contribution is 5.75. The van der Waals surface area contributed by atoms with Crippen molar-refractivity contribution in [3.05, 3.63) is 59.7 Å². The average Bonchev–Trinajstić information content (AvgIpc) is 2.77. The normalized spacial score (nSPS) is 11.1. The number of nitrogens with two attached hydrogens (primary N) is 1. The van der Waals surface area contributed by atoms with Crippen LogP contribution < -0.4 is 5.73 Å². The predicted molar refractivity (Wildman–Crippen MR) is 78.9 cm³/mol. The van der Waals surface area contributed by atoms with E-state index < -0.39 is 0 Å².